The lowest BCUT2D eigenvalue weighted by molar-refractivity contribution is -0.342. The molecular formula is C25H30O12. The van der Waals surface area contributed by atoms with E-state index in [2.05, 4.69) is 6.58 Å². The van der Waals surface area contributed by atoms with Crippen molar-refractivity contribution in [1.29, 1.82) is 0 Å². The Bertz CT molecular complexity index is 1070. The van der Waals surface area contributed by atoms with E-state index >= 15 is 0 Å². The molecule has 2 bridgehead atoms. The molecule has 2 aliphatic rings. The Kier molecular flexibility index (Phi) is 8.08. The van der Waals surface area contributed by atoms with E-state index in [1.54, 1.807) is 0 Å². The topological polar surface area (TPSA) is 197 Å². The van der Waals surface area contributed by atoms with Gasteiger partial charge in [0, 0.05) is 19.3 Å². The lowest BCUT2D eigenvalue weighted by Crippen LogP contribution is -2.65. The van der Waals surface area contributed by atoms with E-state index < -0.39 is 72.0 Å². The van der Waals surface area contributed by atoms with E-state index in [1.807, 2.05) is 37.3 Å². The molecule has 5 N–H and O–H groups in total. The number of aliphatic hydroxyl groups excluding tert-OH is 2. The van der Waals surface area contributed by atoms with Gasteiger partial charge in [-0.2, -0.15) is 0 Å². The number of ether oxygens (including phenoxy) is 3. The molecule has 0 radical (unpaired) electrons. The Labute approximate surface area is 212 Å². The first kappa shape index (κ1) is 28.3. The van der Waals surface area contributed by atoms with Crippen molar-refractivity contribution in [3.05, 3.63) is 48.0 Å². The fraction of sp³-hybridized carbons (Fsp3) is 0.520. The minimum absolute atomic E-state index is 0.110. The Balaban J connectivity index is 1.88. The summed E-state index contributed by atoms with van der Waals surface area (Å²) in [5, 5.41) is 50.4. The first-order valence-corrected chi connectivity index (χ1v) is 11.6. The highest BCUT2D eigenvalue weighted by Gasteiger charge is 2.77. The molecule has 1 aromatic carbocycles. The molecule has 12 nitrogen and oxygen atoms in total. The van der Waals surface area contributed by atoms with Crippen molar-refractivity contribution in [1.82, 2.24) is 0 Å². The van der Waals surface area contributed by atoms with E-state index in [0.29, 0.717) is 12.0 Å². The van der Waals surface area contributed by atoms with Crippen LogP contribution in [0.4, 0.5) is 0 Å². The van der Waals surface area contributed by atoms with Crippen LogP contribution in [0.2, 0.25) is 0 Å². The van der Waals surface area contributed by atoms with Gasteiger partial charge in [0.1, 0.15) is 24.2 Å². The molecule has 2 saturated heterocycles. The number of carboxylic acids is 3. The smallest absolute Gasteiger partial charge is 0.340 e. The molecule has 2 heterocycles. The largest absolute Gasteiger partial charge is 0.481 e. The van der Waals surface area contributed by atoms with E-state index in [1.165, 1.54) is 6.92 Å². The minimum Gasteiger partial charge on any atom is -0.481 e. The maximum Gasteiger partial charge on any atom is 0.340 e. The lowest BCUT2D eigenvalue weighted by atomic mass is 9.79. The maximum atomic E-state index is 12.2. The second kappa shape index (κ2) is 10.6. The van der Waals surface area contributed by atoms with Crippen molar-refractivity contribution in [2.75, 3.05) is 0 Å². The summed E-state index contributed by atoms with van der Waals surface area (Å²) in [7, 11) is 0. The number of carboxylic acid groups (broad SMARTS) is 3. The van der Waals surface area contributed by atoms with Gasteiger partial charge in [-0.3, -0.25) is 9.59 Å². The summed E-state index contributed by atoms with van der Waals surface area (Å²) in [6, 6.07) is 9.38. The van der Waals surface area contributed by atoms with Crippen LogP contribution in [0.3, 0.4) is 0 Å². The van der Waals surface area contributed by atoms with Crippen molar-refractivity contribution < 1.29 is 58.9 Å². The average molecular weight is 523 g/mol. The summed E-state index contributed by atoms with van der Waals surface area (Å²) in [5.41, 5.74) is -1.67. The number of fused-ring (bicyclic) bond motifs is 2. The number of rotatable bonds is 11. The van der Waals surface area contributed by atoms with Crippen molar-refractivity contribution >= 4 is 23.9 Å². The number of hydrogen-bond acceptors (Lipinski definition) is 9. The summed E-state index contributed by atoms with van der Waals surface area (Å²) in [5.74, 6) is -11.2. The molecule has 0 aliphatic carbocycles. The fourth-order valence-corrected chi connectivity index (χ4v) is 5.15. The second-order valence-electron chi connectivity index (χ2n) is 9.45. The van der Waals surface area contributed by atoms with Gasteiger partial charge in [-0.1, -0.05) is 43.8 Å². The molecule has 8 atom stereocenters. The predicted molar refractivity (Wildman–Crippen MR) is 123 cm³/mol. The van der Waals surface area contributed by atoms with Gasteiger partial charge in [0.25, 0.3) is 0 Å². The zero-order valence-corrected chi connectivity index (χ0v) is 20.3. The third-order valence-corrected chi connectivity index (χ3v) is 6.87. The van der Waals surface area contributed by atoms with Gasteiger partial charge in [-0.05, 0) is 24.0 Å². The maximum absolute atomic E-state index is 12.2. The average Bonchev–Trinajstić information content (AvgIpc) is 3.00. The normalized spacial score (nSPS) is 32.2. The second-order valence-corrected chi connectivity index (χ2v) is 9.45. The SMILES string of the molecule is C=C(CC[C@@]12O[C@H](C(=O)O)[C@@H](C(=O)O)[C@@](C(=O)O)(O1)[C@H](O)[C@H]2O)[C@@H](OC(C)=O)[C@H](C)Cc1ccccc1. The predicted octanol–water partition coefficient (Wildman–Crippen LogP) is 0.589. The third kappa shape index (κ3) is 5.10. The quantitative estimate of drug-likeness (QED) is 0.201. The molecule has 0 spiro atoms. The van der Waals surface area contributed by atoms with E-state index in [9.17, 15) is 44.7 Å². The highest BCUT2D eigenvalue weighted by atomic mass is 16.8. The van der Waals surface area contributed by atoms with Crippen LogP contribution >= 0.6 is 0 Å². The number of aliphatic hydroxyl groups is 2. The summed E-state index contributed by atoms with van der Waals surface area (Å²) in [6.45, 7) is 7.03. The number of esters is 1. The van der Waals surface area contributed by atoms with E-state index in [-0.39, 0.29) is 12.3 Å². The molecule has 12 heteroatoms. The van der Waals surface area contributed by atoms with Crippen LogP contribution < -0.4 is 0 Å². The zero-order chi connectivity index (χ0) is 27.7. The Hall–Kier alpha value is -3.32. The molecule has 202 valence electrons. The lowest BCUT2D eigenvalue weighted by Gasteiger charge is -2.44. The standard InChI is InChI=1S/C25H30O12/c1-12(17(35-14(3)26)13(2)11-15-7-5-4-6-8-15)9-10-24-19(27)20(28)25(37-24,23(33)34)16(21(29)30)18(36-24)22(31)32/h4-8,13,16-20,27-28H,1,9-11H2,2-3H3,(H,29,30)(H,31,32)(H,33,34)/t13-,16+,17-,18+,19-,20-,24-,25-/m1/s1. The van der Waals surface area contributed by atoms with Gasteiger partial charge < -0.3 is 39.7 Å². The summed E-state index contributed by atoms with van der Waals surface area (Å²) < 4.78 is 16.3. The van der Waals surface area contributed by atoms with Crippen LogP contribution in [0.15, 0.2) is 42.5 Å². The van der Waals surface area contributed by atoms with Crippen LogP contribution in [0.1, 0.15) is 32.3 Å². The molecule has 3 rings (SSSR count). The van der Waals surface area contributed by atoms with Crippen molar-refractivity contribution in [2.45, 2.75) is 68.9 Å². The molecule has 0 saturated carbocycles. The highest BCUT2D eigenvalue weighted by molar-refractivity contribution is 5.92. The van der Waals surface area contributed by atoms with Gasteiger partial charge in [0.05, 0.1) is 0 Å². The monoisotopic (exact) mass is 522 g/mol. The van der Waals surface area contributed by atoms with Gasteiger partial charge in [0.15, 0.2) is 11.9 Å². The van der Waals surface area contributed by atoms with Crippen LogP contribution in [0, 0.1) is 11.8 Å². The number of carbonyl (C=O) groups excluding carboxylic acids is 1. The Morgan fingerprint density at radius 2 is 1.68 bits per heavy atom. The molecule has 0 unspecified atom stereocenters. The van der Waals surface area contributed by atoms with Gasteiger partial charge >= 0.3 is 23.9 Å². The fourth-order valence-electron chi connectivity index (χ4n) is 5.15. The van der Waals surface area contributed by atoms with Crippen molar-refractivity contribution in [3.63, 3.8) is 0 Å². The number of aliphatic carboxylic acids is 3. The molecule has 37 heavy (non-hydrogen) atoms. The number of benzene rings is 1. The molecule has 1 aromatic rings. The van der Waals surface area contributed by atoms with Gasteiger partial charge in [-0.25, -0.2) is 9.59 Å². The Morgan fingerprint density at radius 1 is 1.05 bits per heavy atom. The van der Waals surface area contributed by atoms with E-state index in [0.717, 1.165) is 5.56 Å². The summed E-state index contributed by atoms with van der Waals surface area (Å²) in [6.07, 6.45) is -7.48. The molecule has 0 amide bonds. The first-order valence-electron chi connectivity index (χ1n) is 11.6. The van der Waals surface area contributed by atoms with Crippen LogP contribution in [-0.2, 0) is 39.8 Å². The zero-order valence-electron chi connectivity index (χ0n) is 20.3. The highest BCUT2D eigenvalue weighted by Crippen LogP contribution is 2.53. The van der Waals surface area contributed by atoms with Gasteiger partial charge in [0.2, 0.25) is 5.60 Å². The summed E-state index contributed by atoms with van der Waals surface area (Å²) in [4.78, 5) is 47.7. The van der Waals surface area contributed by atoms with Crippen molar-refractivity contribution in [2.24, 2.45) is 11.8 Å². The Morgan fingerprint density at radius 3 is 2.19 bits per heavy atom. The number of hydrogen-bond donors (Lipinski definition) is 5. The summed E-state index contributed by atoms with van der Waals surface area (Å²) >= 11 is 0. The molecule has 0 aromatic heterocycles. The third-order valence-electron chi connectivity index (χ3n) is 6.87. The van der Waals surface area contributed by atoms with E-state index in [4.69, 9.17) is 14.2 Å². The first-order chi connectivity index (χ1) is 17.3. The molecule has 2 fully saturated rings. The molecular weight excluding hydrogens is 492 g/mol. The van der Waals surface area contributed by atoms with Crippen molar-refractivity contribution in [3.8, 4) is 0 Å². The van der Waals surface area contributed by atoms with Crippen LogP contribution in [-0.4, -0.2) is 85.2 Å². The minimum atomic E-state index is -2.98. The number of carbonyl (C=O) groups is 4. The van der Waals surface area contributed by atoms with Crippen LogP contribution in [0.5, 0.6) is 0 Å². The van der Waals surface area contributed by atoms with Crippen LogP contribution in [0.25, 0.3) is 0 Å². The molecule has 2 aliphatic heterocycles. The van der Waals surface area contributed by atoms with Gasteiger partial charge in [-0.15, -0.1) is 0 Å².